The molecule has 0 unspecified atom stereocenters. The van der Waals surface area contributed by atoms with Gasteiger partial charge in [0.05, 0.1) is 23.5 Å². The van der Waals surface area contributed by atoms with Gasteiger partial charge in [0.1, 0.15) is 34.1 Å². The van der Waals surface area contributed by atoms with Crippen LogP contribution in [0.2, 0.25) is 0 Å². The molecule has 8 heteroatoms. The monoisotopic (exact) mass is 414 g/mol. The van der Waals surface area contributed by atoms with Crippen molar-refractivity contribution >= 4 is 11.4 Å². The van der Waals surface area contributed by atoms with Crippen LogP contribution in [0.4, 0.5) is 0 Å². The maximum absolute atomic E-state index is 12.2. The first kappa shape index (κ1) is 21.5. The SMILES string of the molecule is CC(=N[C@@H]1CCCC[C@H]1N=C(C)c1c(O)cc(C)oc1=O)c1c(O)cc(C)oc1=O. The number of aliphatic imine (C=N–C) groups is 2. The van der Waals surface area contributed by atoms with Crippen LogP contribution in [0.15, 0.2) is 40.5 Å². The number of nitrogens with zero attached hydrogens (tertiary/aromatic N) is 2. The quantitative estimate of drug-likeness (QED) is 0.740. The molecule has 0 radical (unpaired) electrons. The van der Waals surface area contributed by atoms with E-state index in [-0.39, 0.29) is 34.7 Å². The first-order valence-corrected chi connectivity index (χ1v) is 9.94. The van der Waals surface area contributed by atoms with Crippen LogP contribution in [0.5, 0.6) is 11.5 Å². The van der Waals surface area contributed by atoms with Gasteiger partial charge in [0.15, 0.2) is 0 Å². The first-order chi connectivity index (χ1) is 14.2. The topological polar surface area (TPSA) is 126 Å². The molecular weight excluding hydrogens is 388 g/mol. The first-order valence-electron chi connectivity index (χ1n) is 9.94. The van der Waals surface area contributed by atoms with Crippen LogP contribution in [-0.4, -0.2) is 33.7 Å². The average molecular weight is 414 g/mol. The van der Waals surface area contributed by atoms with Crippen molar-refractivity contribution in [3.63, 3.8) is 0 Å². The minimum atomic E-state index is -0.636. The number of hydrogen-bond donors (Lipinski definition) is 2. The normalized spacial score (nSPS) is 20.4. The van der Waals surface area contributed by atoms with Gasteiger partial charge in [-0.2, -0.15) is 0 Å². The van der Waals surface area contributed by atoms with Gasteiger partial charge in [0.2, 0.25) is 0 Å². The fourth-order valence-corrected chi connectivity index (χ4v) is 3.88. The van der Waals surface area contributed by atoms with Crippen LogP contribution in [0.25, 0.3) is 0 Å². The van der Waals surface area contributed by atoms with Crippen molar-refractivity contribution in [2.45, 2.75) is 65.5 Å². The van der Waals surface area contributed by atoms with Gasteiger partial charge in [-0.3, -0.25) is 9.98 Å². The standard InChI is InChI=1S/C22H26N2O6/c1-11-9-17(25)19(21(27)29-11)13(3)23-15-7-5-6-8-16(15)24-14(4)20-18(26)10-12(2)30-22(20)28/h9-10,15-16,25-26H,5-8H2,1-4H3/t15-,16-/m1/s1. The largest absolute Gasteiger partial charge is 0.507 e. The lowest BCUT2D eigenvalue weighted by Crippen LogP contribution is -2.30. The Kier molecular flexibility index (Phi) is 6.24. The van der Waals surface area contributed by atoms with Gasteiger partial charge in [-0.1, -0.05) is 12.8 Å². The molecule has 0 bridgehead atoms. The summed E-state index contributed by atoms with van der Waals surface area (Å²) in [7, 11) is 0. The lowest BCUT2D eigenvalue weighted by Gasteiger charge is -2.27. The van der Waals surface area contributed by atoms with Gasteiger partial charge in [-0.05, 0) is 40.5 Å². The minimum Gasteiger partial charge on any atom is -0.507 e. The molecule has 3 rings (SSSR count). The molecule has 1 saturated carbocycles. The number of aryl methyl sites for hydroxylation is 2. The van der Waals surface area contributed by atoms with Crippen molar-refractivity contribution < 1.29 is 19.0 Å². The number of hydrogen-bond acceptors (Lipinski definition) is 8. The maximum Gasteiger partial charge on any atom is 0.348 e. The molecule has 160 valence electrons. The summed E-state index contributed by atoms with van der Waals surface area (Å²) in [5.41, 5.74) is -0.428. The van der Waals surface area contributed by atoms with Gasteiger partial charge < -0.3 is 19.0 Å². The lowest BCUT2D eigenvalue weighted by molar-refractivity contribution is 0.387. The highest BCUT2D eigenvalue weighted by Gasteiger charge is 2.26. The van der Waals surface area contributed by atoms with E-state index in [2.05, 4.69) is 9.98 Å². The molecule has 2 aromatic rings. The summed E-state index contributed by atoms with van der Waals surface area (Å²) < 4.78 is 10.2. The van der Waals surface area contributed by atoms with E-state index in [1.807, 2.05) is 0 Å². The summed E-state index contributed by atoms with van der Waals surface area (Å²) in [5.74, 6) is 0.307. The zero-order chi connectivity index (χ0) is 22.0. The van der Waals surface area contributed by atoms with Crippen molar-refractivity contribution in [2.24, 2.45) is 9.98 Å². The van der Waals surface area contributed by atoms with Crippen LogP contribution in [0, 0.1) is 13.8 Å². The van der Waals surface area contributed by atoms with E-state index in [4.69, 9.17) is 8.83 Å². The van der Waals surface area contributed by atoms with E-state index >= 15 is 0 Å². The zero-order valence-electron chi connectivity index (χ0n) is 17.6. The van der Waals surface area contributed by atoms with Crippen molar-refractivity contribution in [3.8, 4) is 11.5 Å². The van der Waals surface area contributed by atoms with Gasteiger partial charge in [0, 0.05) is 12.1 Å². The predicted octanol–water partition coefficient (Wildman–Crippen LogP) is 3.25. The summed E-state index contributed by atoms with van der Waals surface area (Å²) in [6.45, 7) is 6.49. The van der Waals surface area contributed by atoms with Gasteiger partial charge >= 0.3 is 11.3 Å². The van der Waals surface area contributed by atoms with Crippen LogP contribution < -0.4 is 11.3 Å². The Labute approximate surface area is 173 Å². The Morgan fingerprint density at radius 3 is 1.53 bits per heavy atom. The van der Waals surface area contributed by atoms with E-state index in [0.717, 1.165) is 25.7 Å². The fourth-order valence-electron chi connectivity index (χ4n) is 3.88. The summed E-state index contributed by atoms with van der Waals surface area (Å²) >= 11 is 0. The van der Waals surface area contributed by atoms with Crippen LogP contribution in [0.3, 0.4) is 0 Å². The van der Waals surface area contributed by atoms with E-state index in [0.29, 0.717) is 22.9 Å². The van der Waals surface area contributed by atoms with E-state index in [1.165, 1.54) is 12.1 Å². The van der Waals surface area contributed by atoms with E-state index in [1.54, 1.807) is 27.7 Å². The Balaban J connectivity index is 1.96. The third-order valence-electron chi connectivity index (χ3n) is 5.24. The number of aromatic hydroxyl groups is 2. The molecule has 2 atom stereocenters. The molecule has 1 fully saturated rings. The molecule has 0 amide bonds. The average Bonchev–Trinajstić information content (AvgIpc) is 2.61. The zero-order valence-corrected chi connectivity index (χ0v) is 17.6. The van der Waals surface area contributed by atoms with Gasteiger partial charge in [0.25, 0.3) is 0 Å². The van der Waals surface area contributed by atoms with Gasteiger partial charge in [-0.25, -0.2) is 9.59 Å². The van der Waals surface area contributed by atoms with Crippen LogP contribution in [-0.2, 0) is 0 Å². The Bertz CT molecular complexity index is 1040. The molecule has 0 saturated heterocycles. The van der Waals surface area contributed by atoms with Crippen LogP contribution >= 0.6 is 0 Å². The Hall–Kier alpha value is -3.16. The van der Waals surface area contributed by atoms with Crippen molar-refractivity contribution in [2.75, 3.05) is 0 Å². The minimum absolute atomic E-state index is 0.0439. The molecule has 0 aromatic carbocycles. The molecule has 0 aliphatic heterocycles. The molecule has 1 aliphatic carbocycles. The third-order valence-corrected chi connectivity index (χ3v) is 5.24. The summed E-state index contributed by atoms with van der Waals surface area (Å²) in [4.78, 5) is 33.7. The maximum atomic E-state index is 12.2. The second kappa shape index (κ2) is 8.69. The van der Waals surface area contributed by atoms with E-state index < -0.39 is 11.3 Å². The summed E-state index contributed by atoms with van der Waals surface area (Å²) in [5, 5.41) is 20.3. The molecule has 30 heavy (non-hydrogen) atoms. The highest BCUT2D eigenvalue weighted by atomic mass is 16.4. The highest BCUT2D eigenvalue weighted by molar-refractivity contribution is 6.01. The molecular formula is C22H26N2O6. The molecule has 1 aliphatic rings. The molecule has 0 spiro atoms. The van der Waals surface area contributed by atoms with Crippen LogP contribution in [0.1, 0.15) is 62.2 Å². The van der Waals surface area contributed by atoms with Crippen molar-refractivity contribution in [1.82, 2.24) is 0 Å². The molecule has 2 N–H and O–H groups in total. The summed E-state index contributed by atoms with van der Waals surface area (Å²) in [6, 6.07) is 2.31. The molecule has 8 nitrogen and oxygen atoms in total. The fraction of sp³-hybridized carbons (Fsp3) is 0.455. The Morgan fingerprint density at radius 1 is 0.833 bits per heavy atom. The number of rotatable bonds is 4. The third kappa shape index (κ3) is 4.53. The van der Waals surface area contributed by atoms with Crippen molar-refractivity contribution in [3.05, 3.63) is 55.6 Å². The highest BCUT2D eigenvalue weighted by Crippen LogP contribution is 2.27. The molecule has 2 aromatic heterocycles. The second-order valence-corrected chi connectivity index (χ2v) is 7.66. The molecule has 2 heterocycles. The summed E-state index contributed by atoms with van der Waals surface area (Å²) in [6.07, 6.45) is 3.42. The lowest BCUT2D eigenvalue weighted by atomic mass is 9.90. The van der Waals surface area contributed by atoms with Gasteiger partial charge in [-0.15, -0.1) is 0 Å². The Morgan fingerprint density at radius 2 is 1.20 bits per heavy atom. The predicted molar refractivity (Wildman–Crippen MR) is 113 cm³/mol. The van der Waals surface area contributed by atoms with Crippen molar-refractivity contribution in [1.29, 1.82) is 0 Å². The van der Waals surface area contributed by atoms with E-state index in [9.17, 15) is 19.8 Å². The smallest absolute Gasteiger partial charge is 0.348 e. The second-order valence-electron chi connectivity index (χ2n) is 7.66.